The van der Waals surface area contributed by atoms with Crippen molar-refractivity contribution < 1.29 is 0 Å². The number of hydrogen-bond acceptors (Lipinski definition) is 1. The Kier molecular flexibility index (Phi) is 4.26. The number of fused-ring (bicyclic) bond motifs is 1. The van der Waals surface area contributed by atoms with Gasteiger partial charge in [0.25, 0.3) is 0 Å². The van der Waals surface area contributed by atoms with Crippen molar-refractivity contribution in [2.24, 2.45) is 0 Å². The van der Waals surface area contributed by atoms with E-state index in [9.17, 15) is 0 Å². The van der Waals surface area contributed by atoms with E-state index in [0.29, 0.717) is 0 Å². The van der Waals surface area contributed by atoms with E-state index in [1.165, 1.54) is 43.4 Å². The van der Waals surface area contributed by atoms with Crippen LogP contribution in [0.5, 0.6) is 0 Å². The van der Waals surface area contributed by atoms with E-state index in [1.807, 2.05) is 6.07 Å². The molecule has 37 heavy (non-hydrogen) atoms. The predicted octanol–water partition coefficient (Wildman–Crippen LogP) is 9.23. The highest BCUT2D eigenvalue weighted by Gasteiger charge is 2.16. The lowest BCUT2D eigenvalue weighted by atomic mass is 9.89. The number of benzene rings is 6. The Labute approximate surface area is 214 Å². The van der Waals surface area contributed by atoms with Crippen molar-refractivity contribution in [1.29, 1.82) is 0 Å². The minimum Gasteiger partial charge on any atom is -0.299 e. The Bertz CT molecular complexity index is 2050. The highest BCUT2D eigenvalue weighted by Crippen LogP contribution is 2.40. The number of nitrogens with zero attached hydrogens (tertiary/aromatic N) is 2. The number of rotatable bonds is 3. The van der Waals surface area contributed by atoms with Gasteiger partial charge in [-0.25, -0.2) is 4.98 Å². The molecule has 2 heterocycles. The molecule has 0 aliphatic rings. The normalized spacial score (nSPS) is 11.8. The zero-order valence-corrected chi connectivity index (χ0v) is 20.1. The Hall–Kier alpha value is -4.95. The second-order valence-electron chi connectivity index (χ2n) is 9.65. The SMILES string of the molecule is c1ccc(-c2c(-c3ccc(-c4ccc5ccc6cccc7ccc4c5c67)cc3)nc3ccccn23)cc1. The van der Waals surface area contributed by atoms with Crippen LogP contribution in [-0.2, 0) is 0 Å². The van der Waals surface area contributed by atoms with Crippen molar-refractivity contribution in [3.8, 4) is 33.6 Å². The molecule has 8 aromatic rings. The predicted molar refractivity (Wildman–Crippen MR) is 155 cm³/mol. The molecule has 0 atom stereocenters. The van der Waals surface area contributed by atoms with Gasteiger partial charge in [0.2, 0.25) is 0 Å². The second kappa shape index (κ2) is 7.78. The fourth-order valence-corrected chi connectivity index (χ4v) is 5.86. The molecule has 0 spiro atoms. The molecule has 0 N–H and O–H groups in total. The maximum Gasteiger partial charge on any atom is 0.137 e. The molecule has 2 aromatic heterocycles. The molecule has 0 fully saturated rings. The summed E-state index contributed by atoms with van der Waals surface area (Å²) < 4.78 is 2.18. The Morgan fingerprint density at radius 3 is 1.95 bits per heavy atom. The van der Waals surface area contributed by atoms with Crippen molar-refractivity contribution in [2.45, 2.75) is 0 Å². The third-order valence-electron chi connectivity index (χ3n) is 7.58. The summed E-state index contributed by atoms with van der Waals surface area (Å²) in [6.45, 7) is 0. The minimum atomic E-state index is 0.951. The minimum absolute atomic E-state index is 0.951. The smallest absolute Gasteiger partial charge is 0.137 e. The molecule has 0 radical (unpaired) electrons. The summed E-state index contributed by atoms with van der Waals surface area (Å²) in [7, 11) is 0. The van der Waals surface area contributed by atoms with Gasteiger partial charge in [0.1, 0.15) is 5.65 Å². The van der Waals surface area contributed by atoms with Gasteiger partial charge < -0.3 is 0 Å². The van der Waals surface area contributed by atoms with Crippen molar-refractivity contribution in [3.63, 3.8) is 0 Å². The summed E-state index contributed by atoms with van der Waals surface area (Å²) in [5, 5.41) is 7.88. The van der Waals surface area contributed by atoms with Crippen LogP contribution < -0.4 is 0 Å². The summed E-state index contributed by atoms with van der Waals surface area (Å²) in [5.41, 5.74) is 7.82. The van der Waals surface area contributed by atoms with Gasteiger partial charge in [0.05, 0.1) is 11.4 Å². The van der Waals surface area contributed by atoms with Crippen molar-refractivity contribution >= 4 is 38.0 Å². The van der Waals surface area contributed by atoms with E-state index in [2.05, 4.69) is 132 Å². The molecule has 0 saturated carbocycles. The summed E-state index contributed by atoms with van der Waals surface area (Å²) >= 11 is 0. The number of aromatic nitrogens is 2. The second-order valence-corrected chi connectivity index (χ2v) is 9.65. The van der Waals surface area contributed by atoms with Crippen LogP contribution in [0.15, 0.2) is 134 Å². The maximum absolute atomic E-state index is 5.03. The van der Waals surface area contributed by atoms with Gasteiger partial charge in [-0.05, 0) is 55.6 Å². The van der Waals surface area contributed by atoms with Crippen molar-refractivity contribution in [2.75, 3.05) is 0 Å². The van der Waals surface area contributed by atoms with Crippen LogP contribution in [0.25, 0.3) is 71.6 Å². The van der Waals surface area contributed by atoms with Crippen molar-refractivity contribution in [3.05, 3.63) is 134 Å². The quantitative estimate of drug-likeness (QED) is 0.235. The van der Waals surface area contributed by atoms with E-state index in [-0.39, 0.29) is 0 Å². The van der Waals surface area contributed by atoms with E-state index in [4.69, 9.17) is 4.98 Å². The van der Waals surface area contributed by atoms with Crippen molar-refractivity contribution in [1.82, 2.24) is 9.38 Å². The molecule has 0 aliphatic carbocycles. The van der Waals surface area contributed by atoms with Gasteiger partial charge in [-0.15, -0.1) is 0 Å². The molecule has 2 heteroatoms. The molecule has 172 valence electrons. The largest absolute Gasteiger partial charge is 0.299 e. The summed E-state index contributed by atoms with van der Waals surface area (Å²) in [6.07, 6.45) is 2.09. The highest BCUT2D eigenvalue weighted by atomic mass is 15.0. The molecule has 0 bridgehead atoms. The lowest BCUT2D eigenvalue weighted by Gasteiger charge is -2.14. The van der Waals surface area contributed by atoms with E-state index in [0.717, 1.165) is 28.2 Å². The molecule has 0 amide bonds. The number of pyridine rings is 1. The standard InChI is InChI=1S/C35H22N2/c1-2-7-28(8-3-1)35-34(36-31-11-4-5-22-37(31)35)27-16-12-23(13-17-27)29-20-18-26-15-14-24-9-6-10-25-19-21-30(29)33(26)32(24)25/h1-22H. The molecule has 6 aromatic carbocycles. The number of imidazole rings is 1. The monoisotopic (exact) mass is 470 g/mol. The molecule has 0 unspecified atom stereocenters. The van der Waals surface area contributed by atoms with Crippen LogP contribution in [0, 0.1) is 0 Å². The maximum atomic E-state index is 5.03. The van der Waals surface area contributed by atoms with E-state index < -0.39 is 0 Å². The van der Waals surface area contributed by atoms with Gasteiger partial charge in [0, 0.05) is 17.3 Å². The molecule has 0 aliphatic heterocycles. The Morgan fingerprint density at radius 1 is 0.459 bits per heavy atom. The topological polar surface area (TPSA) is 17.3 Å². The Morgan fingerprint density at radius 2 is 1.14 bits per heavy atom. The van der Waals surface area contributed by atoms with Crippen LogP contribution in [0.4, 0.5) is 0 Å². The molecular formula is C35H22N2. The van der Waals surface area contributed by atoms with Crippen LogP contribution in [-0.4, -0.2) is 9.38 Å². The third kappa shape index (κ3) is 3.03. The van der Waals surface area contributed by atoms with E-state index in [1.54, 1.807) is 0 Å². The summed E-state index contributed by atoms with van der Waals surface area (Å²) in [4.78, 5) is 5.03. The zero-order valence-electron chi connectivity index (χ0n) is 20.1. The van der Waals surface area contributed by atoms with Gasteiger partial charge in [0.15, 0.2) is 0 Å². The first-order chi connectivity index (χ1) is 18.3. The first-order valence-corrected chi connectivity index (χ1v) is 12.6. The molecule has 2 nitrogen and oxygen atoms in total. The lowest BCUT2D eigenvalue weighted by molar-refractivity contribution is 1.19. The number of hydrogen-bond donors (Lipinski definition) is 0. The van der Waals surface area contributed by atoms with Gasteiger partial charge in [-0.3, -0.25) is 4.40 Å². The molecular weight excluding hydrogens is 448 g/mol. The highest BCUT2D eigenvalue weighted by molar-refractivity contribution is 6.25. The lowest BCUT2D eigenvalue weighted by Crippen LogP contribution is -1.89. The van der Waals surface area contributed by atoms with Gasteiger partial charge in [-0.1, -0.05) is 115 Å². The van der Waals surface area contributed by atoms with Gasteiger partial charge >= 0.3 is 0 Å². The fourth-order valence-electron chi connectivity index (χ4n) is 5.86. The fraction of sp³-hybridized carbons (Fsp3) is 0. The Balaban J connectivity index is 1.30. The first kappa shape index (κ1) is 20.3. The summed E-state index contributed by atoms with van der Waals surface area (Å²) in [6, 6.07) is 45.7. The van der Waals surface area contributed by atoms with Gasteiger partial charge in [-0.2, -0.15) is 0 Å². The molecule has 0 saturated heterocycles. The van der Waals surface area contributed by atoms with Crippen LogP contribution in [0.2, 0.25) is 0 Å². The van der Waals surface area contributed by atoms with Crippen LogP contribution in [0.1, 0.15) is 0 Å². The summed E-state index contributed by atoms with van der Waals surface area (Å²) in [5.74, 6) is 0. The average molecular weight is 471 g/mol. The third-order valence-corrected chi connectivity index (χ3v) is 7.58. The molecule has 8 rings (SSSR count). The van der Waals surface area contributed by atoms with E-state index >= 15 is 0 Å². The van der Waals surface area contributed by atoms with Crippen LogP contribution >= 0.6 is 0 Å². The van der Waals surface area contributed by atoms with Crippen LogP contribution in [0.3, 0.4) is 0 Å². The average Bonchev–Trinajstić information content (AvgIpc) is 3.36. The first-order valence-electron chi connectivity index (χ1n) is 12.6. The zero-order chi connectivity index (χ0) is 24.3.